The Labute approximate surface area is 108 Å². The maximum absolute atomic E-state index is 3.61. The average molecular weight is 237 g/mol. The van der Waals surface area contributed by atoms with Gasteiger partial charge in [0.15, 0.2) is 0 Å². The molecule has 0 bridgehead atoms. The van der Waals surface area contributed by atoms with Crippen LogP contribution >= 0.6 is 0 Å². The SMILES string of the molecule is CCCCC(C)C1CCCCC2(CCNC2)C1. The summed E-state index contributed by atoms with van der Waals surface area (Å²) in [7, 11) is 0. The Kier molecular flexibility index (Phi) is 4.90. The lowest BCUT2D eigenvalue weighted by atomic mass is 9.73. The van der Waals surface area contributed by atoms with E-state index in [1.54, 1.807) is 0 Å². The molecule has 2 rings (SSSR count). The van der Waals surface area contributed by atoms with Gasteiger partial charge in [-0.3, -0.25) is 0 Å². The van der Waals surface area contributed by atoms with Crippen molar-refractivity contribution in [2.45, 2.75) is 71.6 Å². The van der Waals surface area contributed by atoms with Crippen LogP contribution in [0.25, 0.3) is 0 Å². The summed E-state index contributed by atoms with van der Waals surface area (Å²) in [5.74, 6) is 1.98. The first-order chi connectivity index (χ1) is 8.26. The van der Waals surface area contributed by atoms with Crippen molar-refractivity contribution in [3.05, 3.63) is 0 Å². The van der Waals surface area contributed by atoms with Crippen LogP contribution in [0.15, 0.2) is 0 Å². The Hall–Kier alpha value is -0.0400. The molecule has 17 heavy (non-hydrogen) atoms. The maximum atomic E-state index is 3.61. The molecule has 0 aromatic rings. The zero-order valence-corrected chi connectivity index (χ0v) is 11.9. The lowest BCUT2D eigenvalue weighted by Gasteiger charge is -2.32. The molecule has 2 aliphatic rings. The number of rotatable bonds is 4. The molecular formula is C16H31N. The minimum Gasteiger partial charge on any atom is -0.316 e. The highest BCUT2D eigenvalue weighted by atomic mass is 14.9. The smallest absolute Gasteiger partial charge is 0.000839 e. The van der Waals surface area contributed by atoms with Crippen LogP contribution < -0.4 is 5.32 Å². The number of nitrogens with one attached hydrogen (secondary N) is 1. The summed E-state index contributed by atoms with van der Waals surface area (Å²) in [6.45, 7) is 7.42. The van der Waals surface area contributed by atoms with E-state index in [2.05, 4.69) is 19.2 Å². The largest absolute Gasteiger partial charge is 0.316 e. The molecule has 3 atom stereocenters. The molecule has 1 heteroatoms. The average Bonchev–Trinajstić information content (AvgIpc) is 2.67. The van der Waals surface area contributed by atoms with Gasteiger partial charge in [0.2, 0.25) is 0 Å². The highest BCUT2D eigenvalue weighted by Gasteiger charge is 2.38. The minimum atomic E-state index is 0.696. The number of hydrogen-bond acceptors (Lipinski definition) is 1. The Balaban J connectivity index is 1.92. The first kappa shape index (κ1) is 13.4. The van der Waals surface area contributed by atoms with Gasteiger partial charge in [0, 0.05) is 6.54 Å². The van der Waals surface area contributed by atoms with Crippen molar-refractivity contribution in [2.24, 2.45) is 17.3 Å². The normalized spacial score (nSPS) is 36.0. The molecule has 1 N–H and O–H groups in total. The van der Waals surface area contributed by atoms with Gasteiger partial charge in [0.25, 0.3) is 0 Å². The second-order valence-corrected chi connectivity index (χ2v) is 6.76. The Morgan fingerprint density at radius 3 is 2.88 bits per heavy atom. The van der Waals surface area contributed by atoms with Crippen molar-refractivity contribution in [2.75, 3.05) is 13.1 Å². The van der Waals surface area contributed by atoms with Gasteiger partial charge in [0.05, 0.1) is 0 Å². The fraction of sp³-hybridized carbons (Fsp3) is 1.00. The molecule has 1 saturated heterocycles. The van der Waals surface area contributed by atoms with Gasteiger partial charge in [0.1, 0.15) is 0 Å². The Morgan fingerprint density at radius 1 is 1.29 bits per heavy atom. The van der Waals surface area contributed by atoms with Crippen molar-refractivity contribution in [1.29, 1.82) is 0 Å². The van der Waals surface area contributed by atoms with Gasteiger partial charge < -0.3 is 5.32 Å². The van der Waals surface area contributed by atoms with Crippen LogP contribution in [0.2, 0.25) is 0 Å². The first-order valence-corrected chi connectivity index (χ1v) is 7.96. The molecule has 1 spiro atoms. The van der Waals surface area contributed by atoms with E-state index in [1.165, 1.54) is 70.9 Å². The quantitative estimate of drug-likeness (QED) is 0.765. The molecular weight excluding hydrogens is 206 g/mol. The molecule has 0 amide bonds. The summed E-state index contributed by atoms with van der Waals surface area (Å²) in [6.07, 6.45) is 13.2. The molecule has 1 aliphatic carbocycles. The molecule has 100 valence electrons. The van der Waals surface area contributed by atoms with Gasteiger partial charge in [-0.1, -0.05) is 52.4 Å². The van der Waals surface area contributed by atoms with Gasteiger partial charge in [-0.25, -0.2) is 0 Å². The summed E-state index contributed by atoms with van der Waals surface area (Å²) >= 11 is 0. The van der Waals surface area contributed by atoms with Crippen molar-refractivity contribution in [1.82, 2.24) is 5.32 Å². The predicted molar refractivity (Wildman–Crippen MR) is 75.2 cm³/mol. The van der Waals surface area contributed by atoms with Gasteiger partial charge in [-0.05, 0) is 43.1 Å². The lowest BCUT2D eigenvalue weighted by Crippen LogP contribution is -2.27. The summed E-state index contributed by atoms with van der Waals surface area (Å²) in [5, 5.41) is 3.61. The zero-order chi connectivity index (χ0) is 12.1. The van der Waals surface area contributed by atoms with E-state index in [1.807, 2.05) is 0 Å². The van der Waals surface area contributed by atoms with E-state index in [9.17, 15) is 0 Å². The third kappa shape index (κ3) is 3.47. The molecule has 0 aromatic carbocycles. The second-order valence-electron chi connectivity index (χ2n) is 6.76. The molecule has 1 aliphatic heterocycles. The third-order valence-corrected chi connectivity index (χ3v) is 5.38. The third-order valence-electron chi connectivity index (χ3n) is 5.38. The minimum absolute atomic E-state index is 0.696. The van der Waals surface area contributed by atoms with E-state index in [0.29, 0.717) is 5.41 Å². The van der Waals surface area contributed by atoms with E-state index in [4.69, 9.17) is 0 Å². The van der Waals surface area contributed by atoms with Crippen LogP contribution in [0.3, 0.4) is 0 Å². The van der Waals surface area contributed by atoms with Crippen LogP contribution in [-0.2, 0) is 0 Å². The van der Waals surface area contributed by atoms with Crippen LogP contribution in [0.4, 0.5) is 0 Å². The fourth-order valence-corrected chi connectivity index (χ4v) is 4.10. The van der Waals surface area contributed by atoms with Crippen molar-refractivity contribution >= 4 is 0 Å². The highest BCUT2D eigenvalue weighted by molar-refractivity contribution is 4.92. The van der Waals surface area contributed by atoms with Crippen LogP contribution in [0, 0.1) is 17.3 Å². The van der Waals surface area contributed by atoms with Crippen LogP contribution in [-0.4, -0.2) is 13.1 Å². The van der Waals surface area contributed by atoms with Gasteiger partial charge >= 0.3 is 0 Å². The van der Waals surface area contributed by atoms with Crippen LogP contribution in [0.1, 0.15) is 71.6 Å². The molecule has 2 fully saturated rings. The number of hydrogen-bond donors (Lipinski definition) is 1. The first-order valence-electron chi connectivity index (χ1n) is 7.96. The lowest BCUT2D eigenvalue weighted by molar-refractivity contribution is 0.192. The van der Waals surface area contributed by atoms with E-state index < -0.39 is 0 Å². The zero-order valence-electron chi connectivity index (χ0n) is 11.9. The topological polar surface area (TPSA) is 12.0 Å². The summed E-state index contributed by atoms with van der Waals surface area (Å²) < 4.78 is 0. The number of unbranched alkanes of at least 4 members (excludes halogenated alkanes) is 1. The van der Waals surface area contributed by atoms with E-state index in [0.717, 1.165) is 11.8 Å². The second kappa shape index (κ2) is 6.22. The summed E-state index contributed by atoms with van der Waals surface area (Å²) in [6, 6.07) is 0. The van der Waals surface area contributed by atoms with Crippen molar-refractivity contribution < 1.29 is 0 Å². The van der Waals surface area contributed by atoms with E-state index >= 15 is 0 Å². The molecule has 0 aromatic heterocycles. The standard InChI is InChI=1S/C16H31N/c1-3-4-7-14(2)15-8-5-6-9-16(12-15)10-11-17-13-16/h14-15,17H,3-13H2,1-2H3. The summed E-state index contributed by atoms with van der Waals surface area (Å²) in [5.41, 5.74) is 0.696. The van der Waals surface area contributed by atoms with Gasteiger partial charge in [-0.2, -0.15) is 0 Å². The molecule has 0 radical (unpaired) electrons. The van der Waals surface area contributed by atoms with Crippen LogP contribution in [0.5, 0.6) is 0 Å². The van der Waals surface area contributed by atoms with Crippen molar-refractivity contribution in [3.8, 4) is 0 Å². The predicted octanol–water partition coefficient (Wildman–Crippen LogP) is 4.37. The highest BCUT2D eigenvalue weighted by Crippen LogP contribution is 2.44. The fourth-order valence-electron chi connectivity index (χ4n) is 4.10. The van der Waals surface area contributed by atoms with E-state index in [-0.39, 0.29) is 0 Å². The Bertz CT molecular complexity index is 218. The van der Waals surface area contributed by atoms with Crippen molar-refractivity contribution in [3.63, 3.8) is 0 Å². The molecule has 1 heterocycles. The van der Waals surface area contributed by atoms with Gasteiger partial charge in [-0.15, -0.1) is 0 Å². The molecule has 3 unspecified atom stereocenters. The summed E-state index contributed by atoms with van der Waals surface area (Å²) in [4.78, 5) is 0. The molecule has 1 nitrogen and oxygen atoms in total. The maximum Gasteiger partial charge on any atom is 0.000839 e. The molecule has 1 saturated carbocycles. The Morgan fingerprint density at radius 2 is 2.18 bits per heavy atom. The monoisotopic (exact) mass is 237 g/mol.